The number of hydrogen-bond acceptors (Lipinski definition) is 11. The lowest BCUT2D eigenvalue weighted by Gasteiger charge is -2.31. The highest BCUT2D eigenvalue weighted by Gasteiger charge is 2.47. The third-order valence-corrected chi connectivity index (χ3v) is 7.79. The number of ether oxygens (including phenoxy) is 4. The first-order valence-corrected chi connectivity index (χ1v) is 15.9. The van der Waals surface area contributed by atoms with Gasteiger partial charge in [0.1, 0.15) is 36.5 Å². The van der Waals surface area contributed by atoms with E-state index in [0.29, 0.717) is 31.2 Å². The average Bonchev–Trinajstić information content (AvgIpc) is 3.10. The molecule has 1 heterocycles. The lowest BCUT2D eigenvalue weighted by Crippen LogP contribution is -2.38. The number of allylic oxidation sites excluding steroid dienone is 2. The van der Waals surface area contributed by atoms with Crippen molar-refractivity contribution >= 4 is 17.6 Å². The molecule has 0 aliphatic carbocycles. The monoisotopic (exact) mass is 713 g/mol. The van der Waals surface area contributed by atoms with Gasteiger partial charge in [0, 0.05) is 37.3 Å². The van der Waals surface area contributed by atoms with Crippen molar-refractivity contribution in [2.75, 3.05) is 40.0 Å². The van der Waals surface area contributed by atoms with Crippen LogP contribution in [-0.4, -0.2) is 74.3 Å². The summed E-state index contributed by atoms with van der Waals surface area (Å²) in [4.78, 5) is 36.9. The number of halogens is 3. The molecule has 0 spiro atoms. The molecule has 3 N–H and O–H groups in total. The fourth-order valence-corrected chi connectivity index (χ4v) is 5.36. The summed E-state index contributed by atoms with van der Waals surface area (Å²) in [5, 5.41) is 26.8. The van der Waals surface area contributed by atoms with Crippen LogP contribution in [0.25, 0.3) is 0 Å². The molecule has 3 aromatic carbocycles. The van der Waals surface area contributed by atoms with Crippen molar-refractivity contribution in [1.29, 1.82) is 0 Å². The number of benzene rings is 3. The van der Waals surface area contributed by atoms with Crippen LogP contribution in [-0.2, 0) is 25.5 Å². The fourth-order valence-electron chi connectivity index (χ4n) is 5.36. The van der Waals surface area contributed by atoms with Gasteiger partial charge < -0.3 is 34.7 Å². The van der Waals surface area contributed by atoms with Gasteiger partial charge in [-0.25, -0.2) is 9.59 Å². The maximum Gasteiger partial charge on any atom is 0.431 e. The third-order valence-electron chi connectivity index (χ3n) is 7.79. The standard InChI is InChI=1S/C36H38F3N3O9/c1-22-6-4-9-29(18-22)51-21-27(43)20-40-15-17-49-28-12-10-24(11-13-28)14-16-50-35(45)30-23(2)41-33(36(37,38)39)32(34(44)48-3)31(30)25-7-5-8-26(19-25)42(46)47/h4-13,18-19,27,31,40-41,43H,14-17,20-21H2,1-3H3. The number of nitro groups is 1. The lowest BCUT2D eigenvalue weighted by molar-refractivity contribution is -0.384. The van der Waals surface area contributed by atoms with Crippen LogP contribution < -0.4 is 20.1 Å². The number of dihydropyridines is 1. The largest absolute Gasteiger partial charge is 0.492 e. The maximum absolute atomic E-state index is 14.1. The van der Waals surface area contributed by atoms with Gasteiger partial charge in [-0.15, -0.1) is 0 Å². The molecule has 0 saturated carbocycles. The van der Waals surface area contributed by atoms with Crippen molar-refractivity contribution in [1.82, 2.24) is 10.6 Å². The molecule has 51 heavy (non-hydrogen) atoms. The lowest BCUT2D eigenvalue weighted by atomic mass is 9.80. The molecule has 1 aliphatic rings. The second-order valence-corrected chi connectivity index (χ2v) is 11.6. The van der Waals surface area contributed by atoms with Gasteiger partial charge in [0.05, 0.1) is 35.7 Å². The number of aliphatic hydroxyl groups is 1. The Balaban J connectivity index is 1.32. The van der Waals surface area contributed by atoms with Gasteiger partial charge in [-0.2, -0.15) is 13.2 Å². The molecule has 15 heteroatoms. The summed E-state index contributed by atoms with van der Waals surface area (Å²) < 4.78 is 63.8. The van der Waals surface area contributed by atoms with Crippen molar-refractivity contribution in [2.24, 2.45) is 0 Å². The van der Waals surface area contributed by atoms with Crippen LogP contribution in [0.1, 0.15) is 29.5 Å². The van der Waals surface area contributed by atoms with Crippen LogP contribution in [0, 0.1) is 17.0 Å². The molecular weight excluding hydrogens is 675 g/mol. The Morgan fingerprint density at radius 1 is 0.961 bits per heavy atom. The summed E-state index contributed by atoms with van der Waals surface area (Å²) >= 11 is 0. The summed E-state index contributed by atoms with van der Waals surface area (Å²) in [5.41, 5.74) is -1.67. The van der Waals surface area contributed by atoms with Crippen LogP contribution in [0.4, 0.5) is 18.9 Å². The third kappa shape index (κ3) is 10.5. The fraction of sp³-hybridized carbons (Fsp3) is 0.333. The molecule has 0 bridgehead atoms. The molecule has 2 unspecified atom stereocenters. The number of alkyl halides is 3. The zero-order valence-corrected chi connectivity index (χ0v) is 28.1. The number of nitrogens with one attached hydrogen (secondary N) is 2. The predicted octanol–water partition coefficient (Wildman–Crippen LogP) is 5.05. The molecular formula is C36H38F3N3O9. The van der Waals surface area contributed by atoms with E-state index in [9.17, 15) is 38.0 Å². The molecule has 0 radical (unpaired) electrons. The zero-order chi connectivity index (χ0) is 37.1. The number of aliphatic hydroxyl groups excluding tert-OH is 1. The molecule has 0 amide bonds. The van der Waals surface area contributed by atoms with Crippen molar-refractivity contribution in [3.05, 3.63) is 122 Å². The SMILES string of the molecule is COC(=O)C1=C(C(F)(F)F)NC(C)=C(C(=O)OCCc2ccc(OCCNCC(O)COc3cccc(C)c3)cc2)C1c1cccc([N+](=O)[O-])c1. The highest BCUT2D eigenvalue weighted by molar-refractivity contribution is 6.00. The van der Waals surface area contributed by atoms with E-state index in [1.807, 2.05) is 31.2 Å². The van der Waals surface area contributed by atoms with Crippen LogP contribution in [0.5, 0.6) is 11.5 Å². The van der Waals surface area contributed by atoms with Crippen molar-refractivity contribution in [2.45, 2.75) is 38.5 Å². The number of methoxy groups -OCH3 is 1. The number of nitro benzene ring substituents is 1. The molecule has 2 atom stereocenters. The quantitative estimate of drug-likeness (QED) is 0.0790. The molecule has 272 valence electrons. The highest BCUT2D eigenvalue weighted by atomic mass is 19.4. The van der Waals surface area contributed by atoms with Gasteiger partial charge in [-0.3, -0.25) is 10.1 Å². The van der Waals surface area contributed by atoms with Crippen molar-refractivity contribution < 1.29 is 51.7 Å². The van der Waals surface area contributed by atoms with Crippen LogP contribution >= 0.6 is 0 Å². The summed E-state index contributed by atoms with van der Waals surface area (Å²) in [6.45, 7) is 4.27. The smallest absolute Gasteiger partial charge is 0.431 e. The Morgan fingerprint density at radius 2 is 1.69 bits per heavy atom. The van der Waals surface area contributed by atoms with E-state index in [4.69, 9.17) is 14.2 Å². The number of esters is 2. The van der Waals surface area contributed by atoms with Gasteiger partial charge >= 0.3 is 18.1 Å². The van der Waals surface area contributed by atoms with Gasteiger partial charge in [0.25, 0.3) is 5.69 Å². The maximum atomic E-state index is 14.1. The summed E-state index contributed by atoms with van der Waals surface area (Å²) in [6.07, 6.45) is -5.51. The van der Waals surface area contributed by atoms with Crippen LogP contribution in [0.3, 0.4) is 0 Å². The van der Waals surface area contributed by atoms with E-state index >= 15 is 0 Å². The zero-order valence-electron chi connectivity index (χ0n) is 28.1. The minimum atomic E-state index is -5.05. The van der Waals surface area contributed by atoms with E-state index in [1.54, 1.807) is 24.3 Å². The summed E-state index contributed by atoms with van der Waals surface area (Å²) in [7, 11) is 0.890. The molecule has 3 aromatic rings. The van der Waals surface area contributed by atoms with E-state index in [2.05, 4.69) is 15.4 Å². The summed E-state index contributed by atoms with van der Waals surface area (Å²) in [6, 6.07) is 19.2. The van der Waals surface area contributed by atoms with E-state index in [0.717, 1.165) is 30.4 Å². The first-order chi connectivity index (χ1) is 24.3. The number of hydrogen-bond donors (Lipinski definition) is 3. The molecule has 0 fully saturated rings. The first-order valence-electron chi connectivity index (χ1n) is 15.9. The Hall–Kier alpha value is -5.41. The number of carbonyl (C=O) groups is 2. The second kappa shape index (κ2) is 17.5. The minimum absolute atomic E-state index is 0.103. The second-order valence-electron chi connectivity index (χ2n) is 11.6. The van der Waals surface area contributed by atoms with E-state index in [-0.39, 0.29) is 36.5 Å². The average molecular weight is 714 g/mol. The minimum Gasteiger partial charge on any atom is -0.492 e. The van der Waals surface area contributed by atoms with Gasteiger partial charge in [-0.05, 0) is 54.8 Å². The van der Waals surface area contributed by atoms with Crippen LogP contribution in [0.15, 0.2) is 95.3 Å². The van der Waals surface area contributed by atoms with Gasteiger partial charge in [0.15, 0.2) is 0 Å². The Labute approximate surface area is 292 Å². The van der Waals surface area contributed by atoms with E-state index in [1.165, 1.54) is 19.1 Å². The molecule has 1 aliphatic heterocycles. The van der Waals surface area contributed by atoms with E-state index < -0.39 is 52.0 Å². The topological polar surface area (TPSA) is 158 Å². The van der Waals surface area contributed by atoms with Crippen molar-refractivity contribution in [3.63, 3.8) is 0 Å². The highest BCUT2D eigenvalue weighted by Crippen LogP contribution is 2.44. The molecule has 4 rings (SSSR count). The Morgan fingerprint density at radius 3 is 2.35 bits per heavy atom. The normalized spacial score (nSPS) is 15.2. The van der Waals surface area contributed by atoms with Crippen LogP contribution in [0.2, 0.25) is 0 Å². The molecule has 12 nitrogen and oxygen atoms in total. The number of nitrogens with zero attached hydrogens (tertiary/aromatic N) is 1. The number of rotatable bonds is 16. The molecule has 0 saturated heterocycles. The number of non-ortho nitro benzene ring substituents is 1. The predicted molar refractivity (Wildman–Crippen MR) is 179 cm³/mol. The summed E-state index contributed by atoms with van der Waals surface area (Å²) in [5.74, 6) is -2.79. The van der Waals surface area contributed by atoms with Crippen molar-refractivity contribution in [3.8, 4) is 11.5 Å². The van der Waals surface area contributed by atoms with Gasteiger partial charge in [-0.1, -0.05) is 36.4 Å². The molecule has 0 aromatic heterocycles. The Kier molecular flexibility index (Phi) is 13.2. The first kappa shape index (κ1) is 38.4. The Bertz CT molecular complexity index is 1780. The number of carbonyl (C=O) groups excluding carboxylic acids is 2. The number of aryl methyl sites for hydroxylation is 1. The van der Waals surface area contributed by atoms with Gasteiger partial charge in [0.2, 0.25) is 0 Å².